The van der Waals surface area contributed by atoms with E-state index >= 15 is 0 Å². The lowest BCUT2D eigenvalue weighted by Gasteiger charge is -2.17. The summed E-state index contributed by atoms with van der Waals surface area (Å²) in [6.45, 7) is 2.39. The molecule has 1 atom stereocenters. The van der Waals surface area contributed by atoms with E-state index in [1.54, 1.807) is 4.68 Å². The highest BCUT2D eigenvalue weighted by Gasteiger charge is 2.32. The smallest absolute Gasteiger partial charge is 0.284 e. The molecular weight excluding hydrogens is 425 g/mol. The van der Waals surface area contributed by atoms with E-state index in [0.717, 1.165) is 12.1 Å². The van der Waals surface area contributed by atoms with Crippen LogP contribution in [-0.2, 0) is 13.0 Å². The first-order valence-corrected chi connectivity index (χ1v) is 9.51. The van der Waals surface area contributed by atoms with Crippen molar-refractivity contribution in [3.8, 4) is 11.3 Å². The monoisotopic (exact) mass is 442 g/mol. The van der Waals surface area contributed by atoms with Gasteiger partial charge >= 0.3 is 0 Å². The molecule has 0 aliphatic carbocycles. The number of carbonyl (C=O) groups is 1. The number of hydrogen-bond acceptors (Lipinski definition) is 4. The van der Waals surface area contributed by atoms with Gasteiger partial charge in [-0.05, 0) is 49.2 Å². The molecule has 2 aromatic heterocycles. The Labute approximate surface area is 175 Å². The SMILES string of the molecule is CCn1ncc(Cl)c1-c1c(Cl)oc(C(N)=O)c1[C@@H](CN)Cc1ccc(F)c(F)c1. The van der Waals surface area contributed by atoms with Crippen molar-refractivity contribution < 1.29 is 18.0 Å². The summed E-state index contributed by atoms with van der Waals surface area (Å²) in [6, 6.07) is 3.54. The van der Waals surface area contributed by atoms with Gasteiger partial charge in [-0.25, -0.2) is 8.78 Å². The Morgan fingerprint density at radius 1 is 1.31 bits per heavy atom. The first-order chi connectivity index (χ1) is 13.8. The van der Waals surface area contributed by atoms with Gasteiger partial charge in [0.05, 0.1) is 22.5 Å². The maximum absolute atomic E-state index is 13.7. The molecule has 0 saturated heterocycles. The first kappa shape index (κ1) is 21.3. The van der Waals surface area contributed by atoms with Crippen LogP contribution in [0.2, 0.25) is 10.2 Å². The third-order valence-corrected chi connectivity index (χ3v) is 5.16. The molecule has 3 aromatic rings. The number of nitrogens with zero attached hydrogens (tertiary/aromatic N) is 2. The predicted molar refractivity (Wildman–Crippen MR) is 106 cm³/mol. The van der Waals surface area contributed by atoms with Crippen molar-refractivity contribution in [3.63, 3.8) is 0 Å². The molecule has 29 heavy (non-hydrogen) atoms. The number of halogens is 4. The fourth-order valence-electron chi connectivity index (χ4n) is 3.31. The molecule has 0 aliphatic heterocycles. The van der Waals surface area contributed by atoms with Crippen LogP contribution in [-0.4, -0.2) is 22.2 Å². The Kier molecular flexibility index (Phi) is 6.26. The van der Waals surface area contributed by atoms with Gasteiger partial charge < -0.3 is 15.9 Å². The maximum atomic E-state index is 13.7. The summed E-state index contributed by atoms with van der Waals surface area (Å²) in [5.41, 5.74) is 13.1. The van der Waals surface area contributed by atoms with Gasteiger partial charge in [-0.2, -0.15) is 5.10 Å². The summed E-state index contributed by atoms with van der Waals surface area (Å²) < 4.78 is 34.0. The number of aromatic nitrogens is 2. The number of benzene rings is 1. The molecule has 4 N–H and O–H groups in total. The Balaban J connectivity index is 2.18. The van der Waals surface area contributed by atoms with Crippen molar-refractivity contribution >= 4 is 29.1 Å². The Morgan fingerprint density at radius 2 is 2.03 bits per heavy atom. The standard InChI is InChI=1S/C19H18Cl2F2N4O2/c1-2-27-16(11(20)8-26-27)15-14(17(19(25)28)29-18(15)21)10(7-24)5-9-3-4-12(22)13(23)6-9/h3-4,6,8,10H,2,5,7,24H2,1H3,(H2,25,28)/t10-/m1/s1. The lowest BCUT2D eigenvalue weighted by molar-refractivity contribution is 0.0972. The van der Waals surface area contributed by atoms with Crippen LogP contribution in [0, 0.1) is 11.6 Å². The molecule has 1 amide bonds. The van der Waals surface area contributed by atoms with Crippen LogP contribution in [0.25, 0.3) is 11.3 Å². The zero-order valence-electron chi connectivity index (χ0n) is 15.4. The topological polar surface area (TPSA) is 100 Å². The van der Waals surface area contributed by atoms with Crippen LogP contribution in [0.4, 0.5) is 8.78 Å². The zero-order valence-corrected chi connectivity index (χ0v) is 16.9. The molecule has 0 saturated carbocycles. The average Bonchev–Trinajstić information content (AvgIpc) is 3.21. The van der Waals surface area contributed by atoms with E-state index in [1.165, 1.54) is 12.3 Å². The summed E-state index contributed by atoms with van der Waals surface area (Å²) in [5, 5.41) is 4.40. The van der Waals surface area contributed by atoms with Crippen molar-refractivity contribution in [1.29, 1.82) is 0 Å². The maximum Gasteiger partial charge on any atom is 0.284 e. The number of hydrogen-bond donors (Lipinski definition) is 2. The van der Waals surface area contributed by atoms with Gasteiger partial charge in [0.1, 0.15) is 0 Å². The van der Waals surface area contributed by atoms with Crippen molar-refractivity contribution in [1.82, 2.24) is 9.78 Å². The van der Waals surface area contributed by atoms with Crippen LogP contribution >= 0.6 is 23.2 Å². The molecule has 3 rings (SSSR count). The zero-order chi connectivity index (χ0) is 21.3. The minimum Gasteiger partial charge on any atom is -0.438 e. The Bertz CT molecular complexity index is 1060. The van der Waals surface area contributed by atoms with Crippen molar-refractivity contribution in [2.75, 3.05) is 6.54 Å². The summed E-state index contributed by atoms with van der Waals surface area (Å²) in [4.78, 5) is 12.0. The molecule has 0 bridgehead atoms. The number of aryl methyl sites for hydroxylation is 1. The van der Waals surface area contributed by atoms with Gasteiger partial charge in [0.2, 0.25) is 5.22 Å². The molecular formula is C19H18Cl2F2N4O2. The minimum absolute atomic E-state index is 0.0556. The Hall–Kier alpha value is -2.42. The van der Waals surface area contributed by atoms with E-state index in [1.807, 2.05) is 6.92 Å². The Morgan fingerprint density at radius 3 is 2.62 bits per heavy atom. The number of carbonyl (C=O) groups excluding carboxylic acids is 1. The number of furan rings is 1. The van der Waals surface area contributed by atoms with Gasteiger partial charge in [0, 0.05) is 18.0 Å². The second-order valence-electron chi connectivity index (χ2n) is 6.40. The second kappa shape index (κ2) is 8.52. The van der Waals surface area contributed by atoms with Gasteiger partial charge in [0.25, 0.3) is 5.91 Å². The normalized spacial score (nSPS) is 12.3. The van der Waals surface area contributed by atoms with Crippen LogP contribution in [0.1, 0.15) is 34.5 Å². The molecule has 0 radical (unpaired) electrons. The van der Waals surface area contributed by atoms with Crippen molar-refractivity contribution in [3.05, 3.63) is 63.2 Å². The molecule has 0 spiro atoms. The van der Waals surface area contributed by atoms with E-state index in [2.05, 4.69) is 5.10 Å². The fourth-order valence-corrected chi connectivity index (χ4v) is 3.82. The summed E-state index contributed by atoms with van der Waals surface area (Å²) >= 11 is 12.6. The van der Waals surface area contributed by atoms with Crippen molar-refractivity contribution in [2.24, 2.45) is 11.5 Å². The van der Waals surface area contributed by atoms with Crippen LogP contribution in [0.15, 0.2) is 28.8 Å². The molecule has 6 nitrogen and oxygen atoms in total. The molecule has 0 unspecified atom stereocenters. The summed E-state index contributed by atoms with van der Waals surface area (Å²) in [5.74, 6) is -3.48. The van der Waals surface area contributed by atoms with Crippen LogP contribution in [0.3, 0.4) is 0 Å². The molecule has 0 aliphatic rings. The van der Waals surface area contributed by atoms with Gasteiger partial charge in [0.15, 0.2) is 17.4 Å². The highest BCUT2D eigenvalue weighted by Crippen LogP contribution is 2.43. The van der Waals surface area contributed by atoms with Gasteiger partial charge in [-0.1, -0.05) is 17.7 Å². The number of amides is 1. The van der Waals surface area contributed by atoms with Crippen molar-refractivity contribution in [2.45, 2.75) is 25.8 Å². The molecule has 1 aromatic carbocycles. The average molecular weight is 443 g/mol. The van der Waals surface area contributed by atoms with Crippen LogP contribution in [0.5, 0.6) is 0 Å². The molecule has 154 valence electrons. The van der Waals surface area contributed by atoms with Gasteiger partial charge in [-0.15, -0.1) is 0 Å². The van der Waals surface area contributed by atoms with Gasteiger partial charge in [-0.3, -0.25) is 9.48 Å². The molecule has 0 fully saturated rings. The first-order valence-electron chi connectivity index (χ1n) is 8.76. The lowest BCUT2D eigenvalue weighted by Crippen LogP contribution is -2.21. The second-order valence-corrected chi connectivity index (χ2v) is 7.15. The third-order valence-electron chi connectivity index (χ3n) is 4.62. The third kappa shape index (κ3) is 4.01. The lowest BCUT2D eigenvalue weighted by atomic mass is 9.88. The minimum atomic E-state index is -0.981. The predicted octanol–water partition coefficient (Wildman–Crippen LogP) is 4.13. The van der Waals surface area contributed by atoms with E-state index in [4.69, 9.17) is 39.1 Å². The number of nitrogens with two attached hydrogens (primary N) is 2. The van der Waals surface area contributed by atoms with E-state index in [0.29, 0.717) is 34.0 Å². The molecule has 10 heteroatoms. The quantitative estimate of drug-likeness (QED) is 0.574. The highest BCUT2D eigenvalue weighted by atomic mass is 35.5. The highest BCUT2D eigenvalue weighted by molar-refractivity contribution is 6.35. The summed E-state index contributed by atoms with van der Waals surface area (Å²) in [7, 11) is 0. The largest absolute Gasteiger partial charge is 0.438 e. The molecule has 2 heterocycles. The number of rotatable bonds is 7. The summed E-state index contributed by atoms with van der Waals surface area (Å²) in [6.07, 6.45) is 1.64. The van der Waals surface area contributed by atoms with E-state index in [-0.39, 0.29) is 23.9 Å². The van der Waals surface area contributed by atoms with E-state index in [9.17, 15) is 13.6 Å². The van der Waals surface area contributed by atoms with E-state index < -0.39 is 23.5 Å². The number of primary amides is 1. The van der Waals surface area contributed by atoms with Crippen LogP contribution < -0.4 is 11.5 Å². The fraction of sp³-hybridized carbons (Fsp3) is 0.263.